The molecule has 144 valence electrons. The van der Waals surface area contributed by atoms with Gasteiger partial charge < -0.3 is 16.4 Å². The molecule has 7 heteroatoms. The lowest BCUT2D eigenvalue weighted by Gasteiger charge is -2.33. The van der Waals surface area contributed by atoms with Gasteiger partial charge in [-0.1, -0.05) is 12.1 Å². The first kappa shape index (κ1) is 20.7. The van der Waals surface area contributed by atoms with Crippen LogP contribution in [0.1, 0.15) is 41.6 Å². The number of hydrogen-bond donors (Lipinski definition) is 3. The van der Waals surface area contributed by atoms with E-state index in [1.165, 1.54) is 5.56 Å². The molecule has 0 bridgehead atoms. The average molecular weight is 381 g/mol. The third kappa shape index (κ3) is 5.69. The van der Waals surface area contributed by atoms with Crippen molar-refractivity contribution in [2.75, 3.05) is 26.2 Å². The molecule has 26 heavy (non-hydrogen) atoms. The third-order valence-corrected chi connectivity index (χ3v) is 5.19. The number of rotatable bonds is 6. The molecule has 2 fully saturated rings. The zero-order valence-electron chi connectivity index (χ0n) is 15.1. The van der Waals surface area contributed by atoms with E-state index in [1.54, 1.807) is 12.1 Å². The maximum atomic E-state index is 12.1. The molecule has 2 heterocycles. The van der Waals surface area contributed by atoms with Gasteiger partial charge >= 0.3 is 0 Å². The fourth-order valence-corrected chi connectivity index (χ4v) is 3.77. The average Bonchev–Trinajstić information content (AvgIpc) is 3.15. The van der Waals surface area contributed by atoms with Crippen LogP contribution < -0.4 is 16.4 Å². The van der Waals surface area contributed by atoms with Gasteiger partial charge in [0, 0.05) is 25.2 Å². The Morgan fingerprint density at radius 1 is 1.19 bits per heavy atom. The maximum Gasteiger partial charge on any atom is 0.248 e. The number of nitrogens with zero attached hydrogens (tertiary/aromatic N) is 1. The highest BCUT2D eigenvalue weighted by atomic mass is 35.5. The second-order valence-corrected chi connectivity index (χ2v) is 7.20. The lowest BCUT2D eigenvalue weighted by atomic mass is 9.97. The maximum absolute atomic E-state index is 12.1. The largest absolute Gasteiger partial charge is 0.366 e. The molecule has 0 aromatic heterocycles. The molecule has 0 saturated carbocycles. The summed E-state index contributed by atoms with van der Waals surface area (Å²) < 4.78 is 0. The van der Waals surface area contributed by atoms with E-state index in [0.29, 0.717) is 11.5 Å². The van der Waals surface area contributed by atoms with Crippen molar-refractivity contribution in [2.45, 2.75) is 38.3 Å². The second kappa shape index (κ2) is 9.90. The topological polar surface area (TPSA) is 87.5 Å². The summed E-state index contributed by atoms with van der Waals surface area (Å²) in [6, 6.07) is 7.51. The highest BCUT2D eigenvalue weighted by molar-refractivity contribution is 5.92. The minimum Gasteiger partial charge on any atom is -0.366 e. The molecule has 0 radical (unpaired) electrons. The summed E-state index contributed by atoms with van der Waals surface area (Å²) in [5.41, 5.74) is 7.01. The smallest absolute Gasteiger partial charge is 0.248 e. The molecule has 1 aromatic carbocycles. The molecule has 2 aliphatic rings. The minimum absolute atomic E-state index is 0. The zero-order valence-corrected chi connectivity index (χ0v) is 15.9. The Bertz CT molecular complexity index is 602. The number of nitrogens with one attached hydrogen (secondary N) is 2. The zero-order chi connectivity index (χ0) is 17.6. The first-order valence-electron chi connectivity index (χ1n) is 9.24. The van der Waals surface area contributed by atoms with E-state index in [0.717, 1.165) is 58.4 Å². The van der Waals surface area contributed by atoms with Crippen LogP contribution in [-0.2, 0) is 11.3 Å². The summed E-state index contributed by atoms with van der Waals surface area (Å²) in [6.07, 6.45) is 4.35. The summed E-state index contributed by atoms with van der Waals surface area (Å²) in [7, 11) is 0. The number of nitrogens with two attached hydrogens (primary N) is 1. The van der Waals surface area contributed by atoms with E-state index >= 15 is 0 Å². The van der Waals surface area contributed by atoms with Crippen LogP contribution in [0.25, 0.3) is 0 Å². The molecule has 2 aliphatic heterocycles. The summed E-state index contributed by atoms with van der Waals surface area (Å²) in [6.45, 7) is 4.65. The van der Waals surface area contributed by atoms with Gasteiger partial charge in [0.15, 0.2) is 0 Å². The Morgan fingerprint density at radius 3 is 2.62 bits per heavy atom. The number of carbonyl (C=O) groups is 2. The summed E-state index contributed by atoms with van der Waals surface area (Å²) in [4.78, 5) is 25.7. The van der Waals surface area contributed by atoms with E-state index < -0.39 is 5.91 Å². The van der Waals surface area contributed by atoms with Crippen LogP contribution >= 0.6 is 12.4 Å². The standard InChI is InChI=1S/C19H28N4O2.ClH/c20-18(24)16-7-5-14(6-8-16)12-23-10-2-3-15(13-23)11-22-19(25)17-4-1-9-21-17;/h5-8,15,17,21H,1-4,9-13H2,(H2,20,24)(H,22,25);1H. The summed E-state index contributed by atoms with van der Waals surface area (Å²) in [5, 5.41) is 6.36. The molecule has 2 unspecified atom stereocenters. The lowest BCUT2D eigenvalue weighted by Crippen LogP contribution is -2.45. The third-order valence-electron chi connectivity index (χ3n) is 5.19. The first-order chi connectivity index (χ1) is 12.1. The van der Waals surface area contributed by atoms with E-state index in [2.05, 4.69) is 15.5 Å². The highest BCUT2D eigenvalue weighted by Gasteiger charge is 2.24. The van der Waals surface area contributed by atoms with E-state index in [4.69, 9.17) is 5.73 Å². The van der Waals surface area contributed by atoms with Crippen LogP contribution in [0, 0.1) is 5.92 Å². The SMILES string of the molecule is Cl.NC(=O)c1ccc(CN2CCCC(CNC(=O)C3CCCN3)C2)cc1. The Morgan fingerprint density at radius 2 is 1.96 bits per heavy atom. The molecule has 0 spiro atoms. The van der Waals surface area contributed by atoms with Gasteiger partial charge in [-0.25, -0.2) is 0 Å². The van der Waals surface area contributed by atoms with Gasteiger partial charge in [0.1, 0.15) is 0 Å². The first-order valence-corrected chi connectivity index (χ1v) is 9.24. The van der Waals surface area contributed by atoms with Crippen LogP contribution in [0.5, 0.6) is 0 Å². The van der Waals surface area contributed by atoms with E-state index in [1.807, 2.05) is 12.1 Å². The van der Waals surface area contributed by atoms with Gasteiger partial charge in [-0.3, -0.25) is 14.5 Å². The normalized spacial score (nSPS) is 23.2. The second-order valence-electron chi connectivity index (χ2n) is 7.20. The van der Waals surface area contributed by atoms with Crippen LogP contribution in [0.3, 0.4) is 0 Å². The number of likely N-dealkylation sites (tertiary alicyclic amines) is 1. The van der Waals surface area contributed by atoms with Gasteiger partial charge in [-0.15, -0.1) is 12.4 Å². The highest BCUT2D eigenvalue weighted by Crippen LogP contribution is 2.18. The minimum atomic E-state index is -0.392. The van der Waals surface area contributed by atoms with Crippen molar-refractivity contribution >= 4 is 24.2 Å². The molecular formula is C19H29ClN4O2. The number of piperidine rings is 1. The molecular weight excluding hydrogens is 352 g/mol. The monoisotopic (exact) mass is 380 g/mol. The Kier molecular flexibility index (Phi) is 7.87. The predicted octanol–water partition coefficient (Wildman–Crippen LogP) is 1.29. The molecule has 4 N–H and O–H groups in total. The predicted molar refractivity (Wildman–Crippen MR) is 104 cm³/mol. The van der Waals surface area contributed by atoms with Gasteiger partial charge in [-0.05, 0) is 62.4 Å². The number of carbonyl (C=O) groups excluding carboxylic acids is 2. The van der Waals surface area contributed by atoms with Crippen molar-refractivity contribution < 1.29 is 9.59 Å². The number of amides is 2. The van der Waals surface area contributed by atoms with Crippen molar-refractivity contribution in [1.82, 2.24) is 15.5 Å². The quantitative estimate of drug-likeness (QED) is 0.694. The van der Waals surface area contributed by atoms with Gasteiger partial charge in [0.25, 0.3) is 0 Å². The number of hydrogen-bond acceptors (Lipinski definition) is 4. The molecule has 3 rings (SSSR count). The van der Waals surface area contributed by atoms with Crippen molar-refractivity contribution in [3.63, 3.8) is 0 Å². The molecule has 2 atom stereocenters. The fraction of sp³-hybridized carbons (Fsp3) is 0.579. The van der Waals surface area contributed by atoms with Crippen LogP contribution in [0.15, 0.2) is 24.3 Å². The molecule has 2 amide bonds. The molecule has 1 aromatic rings. The molecule has 0 aliphatic carbocycles. The van der Waals surface area contributed by atoms with Crippen molar-refractivity contribution in [2.24, 2.45) is 11.7 Å². The summed E-state index contributed by atoms with van der Waals surface area (Å²) in [5.74, 6) is 0.262. The van der Waals surface area contributed by atoms with Crippen molar-refractivity contribution in [1.29, 1.82) is 0 Å². The number of primary amides is 1. The van der Waals surface area contributed by atoms with Gasteiger partial charge in [-0.2, -0.15) is 0 Å². The Labute approximate surface area is 161 Å². The van der Waals surface area contributed by atoms with Crippen LogP contribution in [0.4, 0.5) is 0 Å². The van der Waals surface area contributed by atoms with Gasteiger partial charge in [0.2, 0.25) is 11.8 Å². The Balaban J connectivity index is 0.00000243. The molecule has 2 saturated heterocycles. The van der Waals surface area contributed by atoms with Crippen LogP contribution in [-0.4, -0.2) is 48.9 Å². The Hall–Kier alpha value is -1.63. The van der Waals surface area contributed by atoms with Crippen molar-refractivity contribution in [3.05, 3.63) is 35.4 Å². The van der Waals surface area contributed by atoms with E-state index in [-0.39, 0.29) is 24.4 Å². The van der Waals surface area contributed by atoms with Crippen LogP contribution in [0.2, 0.25) is 0 Å². The van der Waals surface area contributed by atoms with Gasteiger partial charge in [0.05, 0.1) is 6.04 Å². The van der Waals surface area contributed by atoms with E-state index in [9.17, 15) is 9.59 Å². The number of halogens is 1. The number of benzene rings is 1. The molecule has 6 nitrogen and oxygen atoms in total. The van der Waals surface area contributed by atoms with Crippen molar-refractivity contribution in [3.8, 4) is 0 Å². The summed E-state index contributed by atoms with van der Waals surface area (Å²) >= 11 is 0. The lowest BCUT2D eigenvalue weighted by molar-refractivity contribution is -0.123. The fourth-order valence-electron chi connectivity index (χ4n) is 3.77.